The first-order chi connectivity index (χ1) is 16.1. The average molecular weight is 504 g/mol. The Bertz CT molecular complexity index is 1190. The Labute approximate surface area is 201 Å². The molecule has 4 aromatic rings. The van der Waals surface area contributed by atoms with E-state index in [4.69, 9.17) is 0 Å². The zero-order valence-electron chi connectivity index (χ0n) is 18.2. The van der Waals surface area contributed by atoms with Gasteiger partial charge in [0, 0.05) is 53.3 Å². The van der Waals surface area contributed by atoms with Crippen molar-refractivity contribution >= 4 is 32.8 Å². The molecule has 1 aliphatic rings. The van der Waals surface area contributed by atoms with Crippen LogP contribution in [0, 0.1) is 0 Å². The van der Waals surface area contributed by atoms with E-state index in [1.54, 1.807) is 0 Å². The van der Waals surface area contributed by atoms with Gasteiger partial charge in [0.1, 0.15) is 6.04 Å². The molecule has 3 aromatic carbocycles. The lowest BCUT2D eigenvalue weighted by Gasteiger charge is -2.41. The number of piperazine rings is 1. The van der Waals surface area contributed by atoms with Crippen LogP contribution in [0.2, 0.25) is 0 Å². The number of halogens is 1. The van der Waals surface area contributed by atoms with Crippen LogP contribution in [0.3, 0.4) is 0 Å². The second-order valence-electron chi connectivity index (χ2n) is 8.47. The molecule has 2 N–H and O–H groups in total. The first kappa shape index (κ1) is 21.9. The summed E-state index contributed by atoms with van der Waals surface area (Å²) in [6.45, 7) is 2.98. The number of carbonyl (C=O) groups is 1. The summed E-state index contributed by atoms with van der Waals surface area (Å²) >= 11 is 3.49. The normalized spacial score (nSPS) is 16.3. The number of nitrogens with zero attached hydrogens (tertiary/aromatic N) is 2. The van der Waals surface area contributed by atoms with E-state index in [0.717, 1.165) is 34.0 Å². The minimum absolute atomic E-state index is 0.156. The lowest BCUT2D eigenvalue weighted by molar-refractivity contribution is -0.144. The fraction of sp³-hybridized carbons (Fsp3) is 0.222. The highest BCUT2D eigenvalue weighted by Gasteiger charge is 2.34. The third-order valence-electron chi connectivity index (χ3n) is 6.51. The molecule has 6 heteroatoms. The van der Waals surface area contributed by atoms with Crippen molar-refractivity contribution in [2.45, 2.75) is 12.1 Å². The zero-order valence-corrected chi connectivity index (χ0v) is 19.8. The fourth-order valence-electron chi connectivity index (χ4n) is 4.97. The minimum Gasteiger partial charge on any atom is -0.480 e. The second kappa shape index (κ2) is 9.51. The predicted octanol–water partition coefficient (Wildman–Crippen LogP) is 5.46. The van der Waals surface area contributed by atoms with Crippen molar-refractivity contribution in [2.24, 2.45) is 0 Å². The number of aromatic amines is 1. The third kappa shape index (κ3) is 4.47. The lowest BCUT2D eigenvalue weighted by atomic mass is 9.96. The van der Waals surface area contributed by atoms with Gasteiger partial charge in [-0.05, 0) is 23.3 Å². The summed E-state index contributed by atoms with van der Waals surface area (Å²) in [4.78, 5) is 20.2. The first-order valence-corrected chi connectivity index (χ1v) is 12.0. The monoisotopic (exact) mass is 503 g/mol. The van der Waals surface area contributed by atoms with Gasteiger partial charge < -0.3 is 10.1 Å². The summed E-state index contributed by atoms with van der Waals surface area (Å²) in [5.74, 6) is -0.810. The van der Waals surface area contributed by atoms with Crippen LogP contribution >= 0.6 is 15.9 Å². The third-order valence-corrected chi connectivity index (χ3v) is 7.01. The standard InChI is InChI=1S/C27H26BrN3O2/c28-21-11-12-22-23(18-29-24(22)17-21)26(27(32)33)31-15-13-30(14-16-31)25(19-7-3-1-4-8-19)20-9-5-2-6-10-20/h1-12,17-18,25-26,29H,13-16H2,(H,32,33). The Morgan fingerprint density at radius 1 is 0.848 bits per heavy atom. The van der Waals surface area contributed by atoms with Crippen LogP contribution in [-0.2, 0) is 4.79 Å². The number of aliphatic carboxylic acids is 1. The molecule has 0 saturated carbocycles. The Kier molecular flexibility index (Phi) is 6.31. The van der Waals surface area contributed by atoms with Gasteiger partial charge in [0.2, 0.25) is 0 Å². The Balaban J connectivity index is 1.40. The van der Waals surface area contributed by atoms with Gasteiger partial charge in [-0.15, -0.1) is 0 Å². The number of nitrogens with one attached hydrogen (secondary N) is 1. The summed E-state index contributed by atoms with van der Waals surface area (Å²) in [6.07, 6.45) is 1.85. The quantitative estimate of drug-likeness (QED) is 0.366. The van der Waals surface area contributed by atoms with Gasteiger partial charge in [-0.25, -0.2) is 0 Å². The van der Waals surface area contributed by atoms with E-state index >= 15 is 0 Å². The van der Waals surface area contributed by atoms with Crippen molar-refractivity contribution in [1.82, 2.24) is 14.8 Å². The van der Waals surface area contributed by atoms with Crippen molar-refractivity contribution in [3.8, 4) is 0 Å². The molecule has 0 radical (unpaired) electrons. The SMILES string of the molecule is O=C(O)C(c1c[nH]c2cc(Br)ccc12)N1CCN(C(c2ccccc2)c2ccccc2)CC1. The summed E-state index contributed by atoms with van der Waals surface area (Å²) < 4.78 is 0.969. The van der Waals surface area contributed by atoms with Crippen molar-refractivity contribution in [3.05, 3.63) is 106 Å². The second-order valence-corrected chi connectivity index (χ2v) is 9.39. The number of hydrogen-bond donors (Lipinski definition) is 2. The van der Waals surface area contributed by atoms with E-state index < -0.39 is 12.0 Å². The zero-order chi connectivity index (χ0) is 22.8. The van der Waals surface area contributed by atoms with Crippen LogP contribution in [0.15, 0.2) is 89.5 Å². The maximum atomic E-state index is 12.4. The van der Waals surface area contributed by atoms with Gasteiger partial charge >= 0.3 is 5.97 Å². The maximum absolute atomic E-state index is 12.4. The molecule has 5 nitrogen and oxygen atoms in total. The van der Waals surface area contributed by atoms with Crippen LogP contribution in [-0.4, -0.2) is 52.0 Å². The molecule has 0 amide bonds. The van der Waals surface area contributed by atoms with Crippen molar-refractivity contribution < 1.29 is 9.90 Å². The highest BCUT2D eigenvalue weighted by molar-refractivity contribution is 9.10. The van der Waals surface area contributed by atoms with Crippen molar-refractivity contribution in [1.29, 1.82) is 0 Å². The molecule has 1 unspecified atom stereocenters. The molecule has 33 heavy (non-hydrogen) atoms. The number of H-pyrrole nitrogens is 1. The van der Waals surface area contributed by atoms with Gasteiger partial charge in [-0.1, -0.05) is 82.7 Å². The number of aromatic nitrogens is 1. The van der Waals surface area contributed by atoms with Crippen molar-refractivity contribution in [2.75, 3.05) is 26.2 Å². The largest absolute Gasteiger partial charge is 0.480 e. The van der Waals surface area contributed by atoms with E-state index in [1.165, 1.54) is 11.1 Å². The molecule has 1 atom stereocenters. The van der Waals surface area contributed by atoms with Crippen LogP contribution < -0.4 is 0 Å². The van der Waals surface area contributed by atoms with Crippen LogP contribution in [0.5, 0.6) is 0 Å². The van der Waals surface area contributed by atoms with E-state index in [-0.39, 0.29) is 6.04 Å². The highest BCUT2D eigenvalue weighted by atomic mass is 79.9. The molecule has 0 spiro atoms. The summed E-state index contributed by atoms with van der Waals surface area (Å²) in [5, 5.41) is 11.1. The number of benzene rings is 3. The molecule has 0 bridgehead atoms. The number of carboxylic acids is 1. The van der Waals surface area contributed by atoms with Crippen LogP contribution in [0.4, 0.5) is 0 Å². The number of fused-ring (bicyclic) bond motifs is 1. The molecular formula is C27H26BrN3O2. The summed E-state index contributed by atoms with van der Waals surface area (Å²) in [6, 6.07) is 26.5. The molecule has 0 aliphatic carbocycles. The minimum atomic E-state index is -0.810. The van der Waals surface area contributed by atoms with Gasteiger partial charge in [-0.2, -0.15) is 0 Å². The lowest BCUT2D eigenvalue weighted by Crippen LogP contribution is -2.50. The average Bonchev–Trinajstić information content (AvgIpc) is 3.24. The molecule has 168 valence electrons. The predicted molar refractivity (Wildman–Crippen MR) is 134 cm³/mol. The molecule has 1 aromatic heterocycles. The molecule has 1 aliphatic heterocycles. The van der Waals surface area contributed by atoms with Crippen LogP contribution in [0.1, 0.15) is 28.8 Å². The Morgan fingerprint density at radius 3 is 2.00 bits per heavy atom. The molecule has 1 saturated heterocycles. The smallest absolute Gasteiger partial charge is 0.325 e. The highest BCUT2D eigenvalue weighted by Crippen LogP contribution is 2.34. The molecule has 5 rings (SSSR count). The molecule has 1 fully saturated rings. The Hall–Kier alpha value is -2.93. The van der Waals surface area contributed by atoms with E-state index in [9.17, 15) is 9.90 Å². The van der Waals surface area contributed by atoms with Gasteiger partial charge in [0.05, 0.1) is 6.04 Å². The topological polar surface area (TPSA) is 59.6 Å². The molecular weight excluding hydrogens is 478 g/mol. The van der Waals surface area contributed by atoms with Gasteiger partial charge in [-0.3, -0.25) is 14.6 Å². The maximum Gasteiger partial charge on any atom is 0.325 e. The number of hydrogen-bond acceptors (Lipinski definition) is 3. The van der Waals surface area contributed by atoms with Crippen molar-refractivity contribution in [3.63, 3.8) is 0 Å². The summed E-state index contributed by atoms with van der Waals surface area (Å²) in [7, 11) is 0. The van der Waals surface area contributed by atoms with Gasteiger partial charge in [0.25, 0.3) is 0 Å². The number of rotatable bonds is 6. The van der Waals surface area contributed by atoms with E-state index in [1.807, 2.05) is 36.5 Å². The summed E-state index contributed by atoms with van der Waals surface area (Å²) in [5.41, 5.74) is 4.28. The van der Waals surface area contributed by atoms with E-state index in [2.05, 4.69) is 79.2 Å². The van der Waals surface area contributed by atoms with Gasteiger partial charge in [0.15, 0.2) is 0 Å². The number of carboxylic acid groups (broad SMARTS) is 1. The van der Waals surface area contributed by atoms with Crippen LogP contribution in [0.25, 0.3) is 10.9 Å². The fourth-order valence-corrected chi connectivity index (χ4v) is 5.33. The molecule has 2 heterocycles. The van der Waals surface area contributed by atoms with E-state index in [0.29, 0.717) is 13.1 Å². The Morgan fingerprint density at radius 2 is 1.42 bits per heavy atom. The first-order valence-electron chi connectivity index (χ1n) is 11.2.